The maximum Gasteiger partial charge on any atom is 0.145 e. The molecule has 1 heterocycles. The summed E-state index contributed by atoms with van der Waals surface area (Å²) < 4.78 is 0. The van der Waals surface area contributed by atoms with Gasteiger partial charge in [0.15, 0.2) is 0 Å². The summed E-state index contributed by atoms with van der Waals surface area (Å²) in [5, 5.41) is 7.23. The molecule has 0 radical (unpaired) electrons. The standard InChI is InChI=1S/C25H28N2O/c1-16-12-20-21(13-17(16)2)27-22-14-25(3,4)15-23(28)24(22)19(26-20)11-10-18-8-6-5-7-9-18/h5-14,19,24,26-27H,15H2,1-4H3/b11-10+/t19-,24+/m1/s1. The van der Waals surface area contributed by atoms with E-state index in [4.69, 9.17) is 0 Å². The Hall–Kier alpha value is -2.81. The van der Waals surface area contributed by atoms with Gasteiger partial charge in [-0.25, -0.2) is 0 Å². The van der Waals surface area contributed by atoms with Crippen molar-refractivity contribution in [2.24, 2.45) is 11.3 Å². The average Bonchev–Trinajstić information content (AvgIpc) is 2.76. The normalized spacial score (nSPS) is 23.1. The van der Waals surface area contributed by atoms with Crippen LogP contribution in [0.5, 0.6) is 0 Å². The van der Waals surface area contributed by atoms with E-state index in [1.54, 1.807) is 0 Å². The molecule has 1 aliphatic heterocycles. The number of nitrogens with one attached hydrogen (secondary N) is 2. The van der Waals surface area contributed by atoms with Gasteiger partial charge >= 0.3 is 0 Å². The quantitative estimate of drug-likeness (QED) is 0.708. The number of hydrogen-bond acceptors (Lipinski definition) is 3. The van der Waals surface area contributed by atoms with Crippen LogP contribution in [0.4, 0.5) is 11.4 Å². The van der Waals surface area contributed by atoms with Crippen molar-refractivity contribution < 1.29 is 4.79 Å². The molecule has 144 valence electrons. The van der Waals surface area contributed by atoms with Crippen LogP contribution in [-0.4, -0.2) is 11.8 Å². The molecule has 2 aliphatic rings. The van der Waals surface area contributed by atoms with E-state index in [0.29, 0.717) is 6.42 Å². The first-order chi connectivity index (χ1) is 13.3. The third kappa shape index (κ3) is 3.62. The van der Waals surface area contributed by atoms with Crippen molar-refractivity contribution in [1.29, 1.82) is 0 Å². The van der Waals surface area contributed by atoms with Crippen LogP contribution < -0.4 is 10.6 Å². The van der Waals surface area contributed by atoms with Crippen molar-refractivity contribution in [2.75, 3.05) is 10.6 Å². The van der Waals surface area contributed by atoms with E-state index in [0.717, 1.165) is 22.6 Å². The van der Waals surface area contributed by atoms with Crippen LogP contribution >= 0.6 is 0 Å². The predicted octanol–water partition coefficient (Wildman–Crippen LogP) is 5.72. The van der Waals surface area contributed by atoms with Crippen LogP contribution in [0.1, 0.15) is 37.0 Å². The first-order valence-corrected chi connectivity index (χ1v) is 9.96. The second-order valence-corrected chi connectivity index (χ2v) is 8.76. The van der Waals surface area contributed by atoms with Gasteiger partial charge in [-0.05, 0) is 48.1 Å². The van der Waals surface area contributed by atoms with Crippen LogP contribution in [0.2, 0.25) is 0 Å². The van der Waals surface area contributed by atoms with Gasteiger partial charge in [0.1, 0.15) is 5.78 Å². The Morgan fingerprint density at radius 1 is 1.04 bits per heavy atom. The summed E-state index contributed by atoms with van der Waals surface area (Å²) in [5.41, 5.74) is 6.59. The number of fused-ring (bicyclic) bond motifs is 2. The molecule has 0 saturated carbocycles. The zero-order valence-corrected chi connectivity index (χ0v) is 17.0. The molecule has 0 fully saturated rings. The highest BCUT2D eigenvalue weighted by Crippen LogP contribution is 2.41. The van der Waals surface area contributed by atoms with Crippen LogP contribution in [0.15, 0.2) is 60.3 Å². The van der Waals surface area contributed by atoms with Crippen LogP contribution in [0.25, 0.3) is 6.08 Å². The Bertz CT molecular complexity index is 970. The lowest BCUT2D eigenvalue weighted by atomic mass is 9.73. The molecule has 3 heteroatoms. The number of anilines is 2. The van der Waals surface area contributed by atoms with Crippen molar-refractivity contribution >= 4 is 23.2 Å². The lowest BCUT2D eigenvalue weighted by Crippen LogP contribution is -2.40. The van der Waals surface area contributed by atoms with Gasteiger partial charge in [-0.3, -0.25) is 4.79 Å². The molecule has 2 aromatic rings. The fraction of sp³-hybridized carbons (Fsp3) is 0.320. The Morgan fingerprint density at radius 2 is 1.71 bits per heavy atom. The summed E-state index contributed by atoms with van der Waals surface area (Å²) in [4.78, 5) is 13.1. The number of allylic oxidation sites excluding steroid dienone is 1. The molecule has 0 amide bonds. The number of benzene rings is 2. The number of carbonyl (C=O) groups excluding carboxylic acids is 1. The van der Waals surface area contributed by atoms with Crippen LogP contribution in [0, 0.1) is 25.2 Å². The topological polar surface area (TPSA) is 41.1 Å². The lowest BCUT2D eigenvalue weighted by molar-refractivity contribution is -0.123. The monoisotopic (exact) mass is 372 g/mol. The number of rotatable bonds is 2. The molecular formula is C25H28N2O. The number of Topliss-reactive ketones (excluding diaryl/α,β-unsaturated/α-hetero) is 1. The summed E-state index contributed by atoms with van der Waals surface area (Å²) in [5.74, 6) is 0.0764. The highest BCUT2D eigenvalue weighted by molar-refractivity contribution is 5.91. The third-order valence-corrected chi connectivity index (χ3v) is 5.75. The first kappa shape index (κ1) is 18.5. The van der Waals surface area contributed by atoms with E-state index in [9.17, 15) is 4.79 Å². The summed E-state index contributed by atoms with van der Waals surface area (Å²) in [6.07, 6.45) is 7.05. The lowest BCUT2D eigenvalue weighted by Gasteiger charge is -2.34. The van der Waals surface area contributed by atoms with Gasteiger partial charge in [0.2, 0.25) is 0 Å². The smallest absolute Gasteiger partial charge is 0.145 e. The van der Waals surface area contributed by atoms with E-state index in [2.05, 4.69) is 80.8 Å². The molecule has 0 spiro atoms. The van der Waals surface area contributed by atoms with Crippen molar-refractivity contribution in [3.8, 4) is 0 Å². The van der Waals surface area contributed by atoms with Gasteiger partial charge in [0.05, 0.1) is 23.3 Å². The van der Waals surface area contributed by atoms with E-state index < -0.39 is 0 Å². The largest absolute Gasteiger partial charge is 0.376 e. The molecule has 0 unspecified atom stereocenters. The Morgan fingerprint density at radius 3 is 2.43 bits per heavy atom. The van der Waals surface area contributed by atoms with Gasteiger partial charge in [-0.1, -0.05) is 62.4 Å². The molecule has 0 aromatic heterocycles. The van der Waals surface area contributed by atoms with Crippen molar-refractivity contribution in [3.63, 3.8) is 0 Å². The molecule has 0 saturated heterocycles. The molecule has 4 rings (SSSR count). The summed E-state index contributed by atoms with van der Waals surface area (Å²) >= 11 is 0. The van der Waals surface area contributed by atoms with E-state index in [-0.39, 0.29) is 23.2 Å². The second kappa shape index (κ2) is 6.97. The van der Waals surface area contributed by atoms with Gasteiger partial charge in [-0.2, -0.15) is 0 Å². The molecule has 3 nitrogen and oxygen atoms in total. The van der Waals surface area contributed by atoms with Crippen molar-refractivity contribution in [3.05, 3.63) is 77.0 Å². The third-order valence-electron chi connectivity index (χ3n) is 5.75. The minimum absolute atomic E-state index is 0.0917. The maximum absolute atomic E-state index is 13.1. The molecule has 28 heavy (non-hydrogen) atoms. The predicted molar refractivity (Wildman–Crippen MR) is 117 cm³/mol. The zero-order valence-electron chi connectivity index (χ0n) is 17.0. The first-order valence-electron chi connectivity index (χ1n) is 9.96. The molecule has 0 bridgehead atoms. The number of hydrogen-bond donors (Lipinski definition) is 2. The molecule has 2 N–H and O–H groups in total. The SMILES string of the molecule is Cc1cc2c(cc1C)N[C@H](/C=C/c1ccccc1)[C@@H]1C(=O)CC(C)(C)C=C1N2. The fourth-order valence-electron chi connectivity index (χ4n) is 4.20. The van der Waals surface area contributed by atoms with Gasteiger partial charge in [0, 0.05) is 12.1 Å². The van der Waals surface area contributed by atoms with Crippen molar-refractivity contribution in [2.45, 2.75) is 40.2 Å². The Balaban J connectivity index is 1.80. The number of ketones is 1. The van der Waals surface area contributed by atoms with E-state index in [1.165, 1.54) is 11.1 Å². The minimum atomic E-state index is -0.207. The molecular weight excluding hydrogens is 344 g/mol. The highest BCUT2D eigenvalue weighted by atomic mass is 16.1. The fourth-order valence-corrected chi connectivity index (χ4v) is 4.20. The Kier molecular flexibility index (Phi) is 4.62. The van der Waals surface area contributed by atoms with E-state index in [1.807, 2.05) is 18.2 Å². The summed E-state index contributed by atoms with van der Waals surface area (Å²) in [6.45, 7) is 8.50. The minimum Gasteiger partial charge on any atom is -0.376 e. The van der Waals surface area contributed by atoms with Crippen LogP contribution in [0.3, 0.4) is 0 Å². The van der Waals surface area contributed by atoms with Gasteiger partial charge < -0.3 is 10.6 Å². The average molecular weight is 373 g/mol. The van der Waals surface area contributed by atoms with E-state index >= 15 is 0 Å². The Labute approximate surface area is 167 Å². The maximum atomic E-state index is 13.1. The van der Waals surface area contributed by atoms with Gasteiger partial charge in [0.25, 0.3) is 0 Å². The zero-order chi connectivity index (χ0) is 19.9. The highest BCUT2D eigenvalue weighted by Gasteiger charge is 2.40. The molecule has 2 atom stereocenters. The number of aryl methyl sites for hydroxylation is 2. The van der Waals surface area contributed by atoms with Crippen LogP contribution in [-0.2, 0) is 4.79 Å². The number of carbonyl (C=O) groups is 1. The summed E-state index contributed by atoms with van der Waals surface area (Å²) in [6, 6.07) is 14.5. The van der Waals surface area contributed by atoms with Gasteiger partial charge in [-0.15, -0.1) is 0 Å². The van der Waals surface area contributed by atoms with Crippen molar-refractivity contribution in [1.82, 2.24) is 0 Å². The summed E-state index contributed by atoms with van der Waals surface area (Å²) in [7, 11) is 0. The molecule has 1 aliphatic carbocycles. The molecule has 2 aromatic carbocycles. The second-order valence-electron chi connectivity index (χ2n) is 8.76.